The zero-order valence-corrected chi connectivity index (χ0v) is 11.1. The van der Waals surface area contributed by atoms with E-state index in [1.807, 2.05) is 30.3 Å². The number of carbonyl (C=O) groups is 1. The summed E-state index contributed by atoms with van der Waals surface area (Å²) in [6.07, 6.45) is 0.755. The highest BCUT2D eigenvalue weighted by atomic mass is 16.5. The third kappa shape index (κ3) is 3.65. The maximum Gasteiger partial charge on any atom is 0.151 e. The zero-order chi connectivity index (χ0) is 13.0. The number of ether oxygens (including phenoxy) is 1. The molecule has 0 bridgehead atoms. The van der Waals surface area contributed by atoms with Crippen LogP contribution in [0.1, 0.15) is 19.4 Å². The molecule has 3 heteroatoms. The number of hydrogen-bond donors (Lipinski definition) is 0. The molecule has 3 nitrogen and oxygen atoms in total. The number of carbonyl (C=O) groups excluding carboxylic acids is 1. The third-order valence-electron chi connectivity index (χ3n) is 3.36. The molecule has 0 aliphatic carbocycles. The van der Waals surface area contributed by atoms with Gasteiger partial charge >= 0.3 is 0 Å². The molecule has 18 heavy (non-hydrogen) atoms. The highest BCUT2D eigenvalue weighted by Gasteiger charge is 2.24. The Morgan fingerprint density at radius 1 is 1.33 bits per heavy atom. The van der Waals surface area contributed by atoms with Crippen LogP contribution in [0.2, 0.25) is 0 Å². The molecule has 2 rings (SSSR count). The van der Waals surface area contributed by atoms with Crippen molar-refractivity contribution in [2.45, 2.75) is 32.4 Å². The van der Waals surface area contributed by atoms with Gasteiger partial charge in [-0.1, -0.05) is 30.3 Å². The Bertz CT molecular complexity index is 391. The molecule has 1 heterocycles. The quantitative estimate of drug-likeness (QED) is 0.814. The van der Waals surface area contributed by atoms with Crippen molar-refractivity contribution < 1.29 is 9.53 Å². The minimum absolute atomic E-state index is 0.228. The molecule has 0 amide bonds. The molecular weight excluding hydrogens is 226 g/mol. The molecule has 2 atom stereocenters. The van der Waals surface area contributed by atoms with E-state index in [1.54, 1.807) is 0 Å². The summed E-state index contributed by atoms with van der Waals surface area (Å²) < 4.78 is 5.57. The molecule has 1 fully saturated rings. The lowest BCUT2D eigenvalue weighted by molar-refractivity contribution is -0.123. The minimum Gasteiger partial charge on any atom is -0.376 e. The predicted octanol–water partition coefficient (Wildman–Crippen LogP) is 1.91. The molecule has 98 valence electrons. The number of ketones is 1. The second-order valence-electron chi connectivity index (χ2n) is 5.12. The minimum atomic E-state index is 0.228. The molecule has 1 saturated heterocycles. The number of morpholine rings is 1. The normalized spacial score (nSPS) is 25.0. The Kier molecular flexibility index (Phi) is 4.50. The summed E-state index contributed by atoms with van der Waals surface area (Å²) in [5, 5.41) is 0. The van der Waals surface area contributed by atoms with Crippen molar-refractivity contribution in [2.75, 3.05) is 19.7 Å². The Morgan fingerprint density at radius 3 is 2.78 bits per heavy atom. The van der Waals surface area contributed by atoms with Crippen LogP contribution in [0, 0.1) is 0 Å². The van der Waals surface area contributed by atoms with E-state index < -0.39 is 0 Å². The summed E-state index contributed by atoms with van der Waals surface area (Å²) in [6, 6.07) is 10.3. The first-order valence-corrected chi connectivity index (χ1v) is 6.56. The van der Waals surface area contributed by atoms with E-state index in [0.29, 0.717) is 19.0 Å². The van der Waals surface area contributed by atoms with Crippen LogP contribution in [0.5, 0.6) is 0 Å². The van der Waals surface area contributed by atoms with Gasteiger partial charge in [0.15, 0.2) is 5.78 Å². The molecule has 1 aromatic carbocycles. The molecule has 1 aromatic rings. The number of rotatable bonds is 4. The van der Waals surface area contributed by atoms with Gasteiger partial charge in [-0.05, 0) is 19.4 Å². The van der Waals surface area contributed by atoms with Crippen molar-refractivity contribution in [2.24, 2.45) is 0 Å². The average molecular weight is 247 g/mol. The Labute approximate surface area is 109 Å². The van der Waals surface area contributed by atoms with Crippen molar-refractivity contribution in [3.8, 4) is 0 Å². The lowest BCUT2D eigenvalue weighted by Gasteiger charge is -2.36. The van der Waals surface area contributed by atoms with Crippen molar-refractivity contribution in [3.05, 3.63) is 35.9 Å². The molecule has 1 aliphatic heterocycles. The Morgan fingerprint density at radius 2 is 2.06 bits per heavy atom. The van der Waals surface area contributed by atoms with Gasteiger partial charge < -0.3 is 4.74 Å². The van der Waals surface area contributed by atoms with Gasteiger partial charge in [-0.25, -0.2) is 0 Å². The molecule has 0 radical (unpaired) electrons. The van der Waals surface area contributed by atoms with Gasteiger partial charge in [0.25, 0.3) is 0 Å². The summed E-state index contributed by atoms with van der Waals surface area (Å²) in [5.74, 6) is 0.280. The topological polar surface area (TPSA) is 29.5 Å². The fourth-order valence-corrected chi connectivity index (χ4v) is 2.30. The van der Waals surface area contributed by atoms with Crippen molar-refractivity contribution in [3.63, 3.8) is 0 Å². The molecule has 0 saturated carbocycles. The van der Waals surface area contributed by atoms with Crippen LogP contribution in [0.25, 0.3) is 0 Å². The van der Waals surface area contributed by atoms with Crippen LogP contribution < -0.4 is 0 Å². The van der Waals surface area contributed by atoms with E-state index in [0.717, 1.165) is 18.7 Å². The van der Waals surface area contributed by atoms with Crippen molar-refractivity contribution in [1.29, 1.82) is 0 Å². The fraction of sp³-hybridized carbons (Fsp3) is 0.533. The SMILES string of the molecule is CC1CN(CC(=O)Cc2ccccc2)C(C)CO1. The fourth-order valence-electron chi connectivity index (χ4n) is 2.30. The van der Waals surface area contributed by atoms with Gasteiger partial charge in [0.05, 0.1) is 19.3 Å². The predicted molar refractivity (Wildman–Crippen MR) is 71.6 cm³/mol. The Balaban J connectivity index is 1.87. The molecule has 2 unspecified atom stereocenters. The number of benzene rings is 1. The van der Waals surface area contributed by atoms with Crippen LogP contribution in [0.15, 0.2) is 30.3 Å². The van der Waals surface area contributed by atoms with E-state index in [1.165, 1.54) is 0 Å². The monoisotopic (exact) mass is 247 g/mol. The lowest BCUT2D eigenvalue weighted by Crippen LogP contribution is -2.49. The van der Waals surface area contributed by atoms with Gasteiger partial charge in [-0.15, -0.1) is 0 Å². The molecular formula is C15H21NO2. The number of Topliss-reactive ketones (excluding diaryl/α,β-unsaturated/α-hetero) is 1. The van der Waals surface area contributed by atoms with Gasteiger partial charge in [-0.3, -0.25) is 9.69 Å². The summed E-state index contributed by atoms with van der Waals surface area (Å²) in [7, 11) is 0. The first-order valence-electron chi connectivity index (χ1n) is 6.56. The smallest absolute Gasteiger partial charge is 0.151 e. The molecule has 1 aliphatic rings. The van der Waals surface area contributed by atoms with Crippen LogP contribution >= 0.6 is 0 Å². The van der Waals surface area contributed by atoms with Gasteiger partial charge in [0.2, 0.25) is 0 Å². The first kappa shape index (κ1) is 13.2. The second kappa shape index (κ2) is 6.12. The largest absolute Gasteiger partial charge is 0.376 e. The Hall–Kier alpha value is -1.19. The summed E-state index contributed by atoms with van der Waals surface area (Å²) in [6.45, 7) is 6.27. The number of hydrogen-bond acceptors (Lipinski definition) is 3. The number of nitrogens with zero attached hydrogens (tertiary/aromatic N) is 1. The van der Waals surface area contributed by atoms with E-state index >= 15 is 0 Å². The maximum absolute atomic E-state index is 12.1. The van der Waals surface area contributed by atoms with Crippen molar-refractivity contribution in [1.82, 2.24) is 4.90 Å². The van der Waals surface area contributed by atoms with Gasteiger partial charge in [-0.2, -0.15) is 0 Å². The summed E-state index contributed by atoms with van der Waals surface area (Å²) >= 11 is 0. The molecule has 0 aromatic heterocycles. The van der Waals surface area contributed by atoms with Crippen molar-refractivity contribution >= 4 is 5.78 Å². The van der Waals surface area contributed by atoms with Crippen LogP contribution in [0.4, 0.5) is 0 Å². The van der Waals surface area contributed by atoms with Gasteiger partial charge in [0, 0.05) is 19.0 Å². The van der Waals surface area contributed by atoms with Gasteiger partial charge in [0.1, 0.15) is 0 Å². The highest BCUT2D eigenvalue weighted by Crippen LogP contribution is 2.11. The van der Waals surface area contributed by atoms with Crippen LogP contribution in [-0.4, -0.2) is 42.5 Å². The first-order chi connectivity index (χ1) is 8.65. The van der Waals surface area contributed by atoms with E-state index in [4.69, 9.17) is 4.74 Å². The van der Waals surface area contributed by atoms with E-state index in [-0.39, 0.29) is 11.9 Å². The lowest BCUT2D eigenvalue weighted by atomic mass is 10.1. The summed E-state index contributed by atoms with van der Waals surface area (Å²) in [5.41, 5.74) is 1.09. The average Bonchev–Trinajstić information content (AvgIpc) is 2.35. The second-order valence-corrected chi connectivity index (χ2v) is 5.12. The maximum atomic E-state index is 12.1. The standard InChI is InChI=1S/C15H21NO2/c1-12-11-18-13(2)9-16(12)10-15(17)8-14-6-4-3-5-7-14/h3-7,12-13H,8-11H2,1-2H3. The molecule has 0 N–H and O–H groups in total. The summed E-state index contributed by atoms with van der Waals surface area (Å²) in [4.78, 5) is 14.3. The highest BCUT2D eigenvalue weighted by molar-refractivity contribution is 5.82. The van der Waals surface area contributed by atoms with E-state index in [2.05, 4.69) is 18.7 Å². The van der Waals surface area contributed by atoms with E-state index in [9.17, 15) is 4.79 Å². The van der Waals surface area contributed by atoms with Crippen LogP contribution in [-0.2, 0) is 16.0 Å². The van der Waals surface area contributed by atoms with Crippen LogP contribution in [0.3, 0.4) is 0 Å². The zero-order valence-electron chi connectivity index (χ0n) is 11.1. The molecule has 0 spiro atoms. The third-order valence-corrected chi connectivity index (χ3v) is 3.36.